The normalized spacial score (nSPS) is 19.1. The zero-order chi connectivity index (χ0) is 10.3. The molecule has 0 amide bonds. The largest absolute Gasteiger partial charge is 0.371 e. The molecule has 0 unspecified atom stereocenters. The Morgan fingerprint density at radius 2 is 2.14 bits per heavy atom. The van der Waals surface area contributed by atoms with Crippen LogP contribution in [0.25, 0.3) is 0 Å². The van der Waals surface area contributed by atoms with Crippen LogP contribution in [0.3, 0.4) is 0 Å². The highest BCUT2D eigenvalue weighted by atomic mass is 79.9. The maximum atomic E-state index is 13.6. The predicted molar refractivity (Wildman–Crippen MR) is 56.7 cm³/mol. The van der Waals surface area contributed by atoms with Gasteiger partial charge in [-0.05, 0) is 37.1 Å². The van der Waals surface area contributed by atoms with Crippen LogP contribution in [0.4, 0.5) is 4.39 Å². The maximum absolute atomic E-state index is 13.6. The molecule has 0 radical (unpaired) electrons. The Morgan fingerprint density at radius 3 is 2.86 bits per heavy atom. The number of benzene rings is 1. The van der Waals surface area contributed by atoms with Gasteiger partial charge in [-0.25, -0.2) is 4.39 Å². The third-order valence-corrected chi connectivity index (χ3v) is 2.93. The summed E-state index contributed by atoms with van der Waals surface area (Å²) in [5.74, 6) is -0.134. The van der Waals surface area contributed by atoms with E-state index in [0.29, 0.717) is 13.0 Å². The van der Waals surface area contributed by atoms with E-state index < -0.39 is 0 Å². The van der Waals surface area contributed by atoms with Gasteiger partial charge in [-0.2, -0.15) is 0 Å². The minimum Gasteiger partial charge on any atom is -0.371 e. The molecular formula is C11H12BrFO. The van der Waals surface area contributed by atoms with E-state index in [1.165, 1.54) is 6.07 Å². The van der Waals surface area contributed by atoms with E-state index >= 15 is 0 Å². The van der Waals surface area contributed by atoms with Crippen LogP contribution >= 0.6 is 15.9 Å². The molecule has 1 aliphatic rings. The van der Waals surface area contributed by atoms with Crippen LogP contribution in [0.15, 0.2) is 16.6 Å². The van der Waals surface area contributed by atoms with Crippen LogP contribution in [0.2, 0.25) is 0 Å². The fourth-order valence-electron chi connectivity index (χ4n) is 1.73. The zero-order valence-electron chi connectivity index (χ0n) is 8.23. The van der Waals surface area contributed by atoms with Gasteiger partial charge in [0.25, 0.3) is 0 Å². The molecule has 1 aliphatic heterocycles. The summed E-state index contributed by atoms with van der Waals surface area (Å²) in [4.78, 5) is 0. The van der Waals surface area contributed by atoms with Gasteiger partial charge in [-0.1, -0.05) is 15.9 Å². The lowest BCUT2D eigenvalue weighted by molar-refractivity contribution is -0.0410. The quantitative estimate of drug-likeness (QED) is 0.693. The highest BCUT2D eigenvalue weighted by Gasteiger charge is 2.28. The molecule has 0 saturated carbocycles. The van der Waals surface area contributed by atoms with Gasteiger partial charge in [-0.3, -0.25) is 0 Å². The van der Waals surface area contributed by atoms with Gasteiger partial charge in [0.15, 0.2) is 0 Å². The second-order valence-corrected chi connectivity index (χ2v) is 5.17. The summed E-state index contributed by atoms with van der Waals surface area (Å²) in [5, 5.41) is 0. The molecule has 1 heterocycles. The van der Waals surface area contributed by atoms with E-state index in [0.717, 1.165) is 15.6 Å². The maximum Gasteiger partial charge on any atom is 0.127 e. The van der Waals surface area contributed by atoms with Crippen LogP contribution in [0, 0.1) is 5.82 Å². The Bertz CT molecular complexity index is 374. The van der Waals surface area contributed by atoms with Crippen molar-refractivity contribution in [2.24, 2.45) is 0 Å². The Labute approximate surface area is 91.4 Å². The van der Waals surface area contributed by atoms with Crippen LogP contribution in [-0.4, -0.2) is 5.60 Å². The van der Waals surface area contributed by atoms with Crippen molar-refractivity contribution < 1.29 is 9.13 Å². The smallest absolute Gasteiger partial charge is 0.127 e. The summed E-state index contributed by atoms with van der Waals surface area (Å²) in [6, 6.07) is 3.44. The first-order chi connectivity index (χ1) is 6.48. The molecule has 0 N–H and O–H groups in total. The molecule has 0 saturated heterocycles. The topological polar surface area (TPSA) is 9.23 Å². The van der Waals surface area contributed by atoms with Gasteiger partial charge in [0.1, 0.15) is 5.82 Å². The van der Waals surface area contributed by atoms with Crippen molar-refractivity contribution in [1.82, 2.24) is 0 Å². The molecule has 1 nitrogen and oxygen atoms in total. The van der Waals surface area contributed by atoms with E-state index in [9.17, 15) is 4.39 Å². The monoisotopic (exact) mass is 258 g/mol. The average Bonchev–Trinajstić information content (AvgIpc) is 2.06. The van der Waals surface area contributed by atoms with Crippen molar-refractivity contribution in [3.63, 3.8) is 0 Å². The summed E-state index contributed by atoms with van der Waals surface area (Å²) in [6.07, 6.45) is 0.640. The molecule has 0 atom stereocenters. The summed E-state index contributed by atoms with van der Waals surface area (Å²) in [7, 11) is 0. The highest BCUT2D eigenvalue weighted by molar-refractivity contribution is 9.10. The molecule has 3 heteroatoms. The lowest BCUT2D eigenvalue weighted by Crippen LogP contribution is -2.32. The van der Waals surface area contributed by atoms with Crippen molar-refractivity contribution in [3.05, 3.63) is 33.5 Å². The van der Waals surface area contributed by atoms with Gasteiger partial charge in [-0.15, -0.1) is 0 Å². The van der Waals surface area contributed by atoms with E-state index in [1.54, 1.807) is 0 Å². The van der Waals surface area contributed by atoms with E-state index in [4.69, 9.17) is 4.74 Å². The molecule has 0 aliphatic carbocycles. The number of hydrogen-bond acceptors (Lipinski definition) is 1. The summed E-state index contributed by atoms with van der Waals surface area (Å²) >= 11 is 3.27. The molecule has 1 aromatic carbocycles. The van der Waals surface area contributed by atoms with Crippen molar-refractivity contribution in [2.45, 2.75) is 32.5 Å². The molecule has 1 aromatic rings. The van der Waals surface area contributed by atoms with Crippen molar-refractivity contribution >= 4 is 15.9 Å². The predicted octanol–water partition coefficient (Wildman–Crippen LogP) is 3.44. The third-order valence-electron chi connectivity index (χ3n) is 2.47. The van der Waals surface area contributed by atoms with Crippen LogP contribution in [0.5, 0.6) is 0 Å². The minimum absolute atomic E-state index is 0.134. The van der Waals surface area contributed by atoms with Crippen LogP contribution in [0.1, 0.15) is 25.0 Å². The van der Waals surface area contributed by atoms with Crippen molar-refractivity contribution in [1.29, 1.82) is 0 Å². The fourth-order valence-corrected chi connectivity index (χ4v) is 2.21. The van der Waals surface area contributed by atoms with Gasteiger partial charge in [0.2, 0.25) is 0 Å². The summed E-state index contributed by atoms with van der Waals surface area (Å²) in [6.45, 7) is 4.47. The third kappa shape index (κ3) is 1.84. The first-order valence-corrected chi connectivity index (χ1v) is 5.38. The molecule has 0 fully saturated rings. The number of halogens is 2. The first kappa shape index (κ1) is 10.1. The molecular weight excluding hydrogens is 247 g/mol. The number of hydrogen-bond donors (Lipinski definition) is 0. The highest BCUT2D eigenvalue weighted by Crippen LogP contribution is 2.31. The number of rotatable bonds is 0. The number of ether oxygens (including phenoxy) is 1. The molecule has 14 heavy (non-hydrogen) atoms. The fraction of sp³-hybridized carbons (Fsp3) is 0.455. The van der Waals surface area contributed by atoms with Gasteiger partial charge >= 0.3 is 0 Å². The standard InChI is InChI=1S/C11H12BrFO/c1-11(2)5-9-7(6-14-11)3-8(12)4-10(9)13/h3-4H,5-6H2,1-2H3. The van der Waals surface area contributed by atoms with E-state index in [1.807, 2.05) is 19.9 Å². The first-order valence-electron chi connectivity index (χ1n) is 4.59. The van der Waals surface area contributed by atoms with Crippen LogP contribution < -0.4 is 0 Å². The molecule has 0 bridgehead atoms. The molecule has 76 valence electrons. The lowest BCUT2D eigenvalue weighted by atomic mass is 9.91. The summed E-state index contributed by atoms with van der Waals surface area (Å²) < 4.78 is 20.0. The van der Waals surface area contributed by atoms with E-state index in [-0.39, 0.29) is 11.4 Å². The van der Waals surface area contributed by atoms with Gasteiger partial charge < -0.3 is 4.74 Å². The van der Waals surface area contributed by atoms with Crippen LogP contribution in [-0.2, 0) is 17.8 Å². The van der Waals surface area contributed by atoms with Crippen molar-refractivity contribution in [2.75, 3.05) is 0 Å². The Balaban J connectivity index is 2.47. The Kier molecular flexibility index (Phi) is 2.40. The minimum atomic E-state index is -0.248. The van der Waals surface area contributed by atoms with Gasteiger partial charge in [0, 0.05) is 10.9 Å². The lowest BCUT2D eigenvalue weighted by Gasteiger charge is -2.32. The second kappa shape index (κ2) is 3.31. The summed E-state index contributed by atoms with van der Waals surface area (Å²) in [5.41, 5.74) is 1.50. The Morgan fingerprint density at radius 1 is 1.43 bits per heavy atom. The Hall–Kier alpha value is -0.410. The van der Waals surface area contributed by atoms with E-state index in [2.05, 4.69) is 15.9 Å². The average molecular weight is 259 g/mol. The molecule has 0 aromatic heterocycles. The van der Waals surface area contributed by atoms with Gasteiger partial charge in [0.05, 0.1) is 12.2 Å². The number of fused-ring (bicyclic) bond motifs is 1. The molecule has 0 spiro atoms. The zero-order valence-corrected chi connectivity index (χ0v) is 9.82. The second-order valence-electron chi connectivity index (χ2n) is 4.25. The SMILES string of the molecule is CC1(C)Cc2c(F)cc(Br)cc2CO1. The molecule has 2 rings (SSSR count). The van der Waals surface area contributed by atoms with Crippen molar-refractivity contribution in [3.8, 4) is 0 Å².